The number of thiophene rings is 1. The largest absolute Gasteiger partial charge is 0.292 e. The Hall–Kier alpha value is 0.200. The first-order valence-corrected chi connectivity index (χ1v) is 6.65. The molecule has 1 aromatic rings. The highest BCUT2D eigenvalue weighted by molar-refractivity contribution is 9.11. The van der Waals surface area contributed by atoms with Gasteiger partial charge in [-0.05, 0) is 33.3 Å². The van der Waals surface area contributed by atoms with Crippen molar-refractivity contribution in [1.82, 2.24) is 0 Å². The summed E-state index contributed by atoms with van der Waals surface area (Å²) >= 11 is 6.53. The molecule has 0 radical (unpaired) electrons. The van der Waals surface area contributed by atoms with Crippen LogP contribution in [0.2, 0.25) is 0 Å². The lowest BCUT2D eigenvalue weighted by atomic mass is 10.4. The third kappa shape index (κ3) is 3.83. The number of hydrogen-bond acceptors (Lipinski definition) is 3. The molecule has 0 amide bonds. The summed E-state index contributed by atoms with van der Waals surface area (Å²) in [5.74, 6) is 0.819. The van der Waals surface area contributed by atoms with Gasteiger partial charge in [0.15, 0.2) is 5.78 Å². The normalized spacial score (nSPS) is 10.8. The molecule has 1 aromatic heterocycles. The predicted molar refractivity (Wildman–Crippen MR) is 63.9 cm³/mol. The fourth-order valence-electron chi connectivity index (χ4n) is 0.778. The number of ketones is 1. The van der Waals surface area contributed by atoms with Crippen LogP contribution >= 0.6 is 39.0 Å². The number of rotatable bonds is 4. The molecule has 1 rings (SSSR count). The molecule has 0 N–H and O–H groups in total. The Kier molecular flexibility index (Phi) is 4.49. The van der Waals surface area contributed by atoms with Crippen LogP contribution < -0.4 is 0 Å². The highest BCUT2D eigenvalue weighted by Crippen LogP contribution is 2.23. The zero-order valence-corrected chi connectivity index (χ0v) is 10.8. The summed E-state index contributed by atoms with van der Waals surface area (Å²) in [6.45, 7) is 4.20. The van der Waals surface area contributed by atoms with E-state index in [0.29, 0.717) is 11.0 Å². The summed E-state index contributed by atoms with van der Waals surface area (Å²) in [4.78, 5) is 12.4. The van der Waals surface area contributed by atoms with E-state index in [-0.39, 0.29) is 5.78 Å². The van der Waals surface area contributed by atoms with Crippen molar-refractivity contribution in [2.45, 2.75) is 19.1 Å². The van der Waals surface area contributed by atoms with Crippen LogP contribution in [0.15, 0.2) is 15.9 Å². The number of halogens is 1. The van der Waals surface area contributed by atoms with E-state index in [4.69, 9.17) is 0 Å². The van der Waals surface area contributed by atoms with Crippen molar-refractivity contribution in [2.24, 2.45) is 0 Å². The second-order valence-corrected chi connectivity index (χ2v) is 6.91. The summed E-state index contributed by atoms with van der Waals surface area (Å²) in [5, 5.41) is 0.521. The number of thioether (sulfide) groups is 1. The Morgan fingerprint density at radius 2 is 2.31 bits per heavy atom. The molecule has 1 heterocycles. The van der Waals surface area contributed by atoms with Crippen LogP contribution in [0.25, 0.3) is 0 Å². The molecule has 0 bridgehead atoms. The Labute approximate surface area is 95.0 Å². The predicted octanol–water partition coefficient (Wildman–Crippen LogP) is 3.83. The Bertz CT molecular complexity index is 294. The SMILES string of the molecule is CC(C)SCC(=O)c1ccc(Br)s1. The maximum atomic E-state index is 11.5. The average molecular weight is 279 g/mol. The second kappa shape index (κ2) is 5.17. The topological polar surface area (TPSA) is 17.1 Å². The zero-order valence-electron chi connectivity index (χ0n) is 7.54. The molecule has 0 fully saturated rings. The third-order valence-electron chi connectivity index (χ3n) is 1.40. The molecule has 0 saturated carbocycles. The first kappa shape index (κ1) is 11.3. The average Bonchev–Trinajstić information content (AvgIpc) is 2.47. The number of carbonyl (C=O) groups excluding carboxylic acids is 1. The third-order valence-corrected chi connectivity index (χ3v) is 4.16. The van der Waals surface area contributed by atoms with Gasteiger partial charge in [0.05, 0.1) is 14.4 Å². The van der Waals surface area contributed by atoms with E-state index in [0.717, 1.165) is 8.66 Å². The van der Waals surface area contributed by atoms with Crippen LogP contribution in [-0.2, 0) is 0 Å². The molecular formula is C9H11BrOS2. The van der Waals surface area contributed by atoms with Crippen molar-refractivity contribution < 1.29 is 4.79 Å². The van der Waals surface area contributed by atoms with Crippen molar-refractivity contribution in [2.75, 3.05) is 5.75 Å². The number of carbonyl (C=O) groups is 1. The standard InChI is InChI=1S/C9H11BrOS2/c1-6(2)12-5-7(11)8-3-4-9(10)13-8/h3-4,6H,5H2,1-2H3. The maximum Gasteiger partial charge on any atom is 0.182 e. The molecule has 0 atom stereocenters. The molecule has 0 aliphatic carbocycles. The summed E-state index contributed by atoms with van der Waals surface area (Å²) < 4.78 is 1.02. The minimum atomic E-state index is 0.231. The fourth-order valence-corrected chi connectivity index (χ4v) is 2.83. The van der Waals surface area contributed by atoms with Crippen LogP contribution in [0.1, 0.15) is 23.5 Å². The summed E-state index contributed by atoms with van der Waals surface area (Å²) in [6, 6.07) is 3.79. The minimum absolute atomic E-state index is 0.231. The van der Waals surface area contributed by atoms with Gasteiger partial charge in [-0.2, -0.15) is 11.8 Å². The highest BCUT2D eigenvalue weighted by atomic mass is 79.9. The van der Waals surface area contributed by atoms with Crippen molar-refractivity contribution in [3.8, 4) is 0 Å². The van der Waals surface area contributed by atoms with Crippen molar-refractivity contribution in [1.29, 1.82) is 0 Å². The molecular weight excluding hydrogens is 268 g/mol. The minimum Gasteiger partial charge on any atom is -0.292 e. The van der Waals surface area contributed by atoms with Gasteiger partial charge in [-0.15, -0.1) is 11.3 Å². The van der Waals surface area contributed by atoms with Crippen LogP contribution in [0, 0.1) is 0 Å². The Morgan fingerprint density at radius 3 is 2.77 bits per heavy atom. The Balaban J connectivity index is 2.49. The van der Waals surface area contributed by atoms with Crippen LogP contribution in [-0.4, -0.2) is 16.8 Å². The lowest BCUT2D eigenvalue weighted by Gasteiger charge is -2.01. The zero-order chi connectivity index (χ0) is 9.84. The van der Waals surface area contributed by atoms with Crippen molar-refractivity contribution >= 4 is 44.8 Å². The quantitative estimate of drug-likeness (QED) is 0.779. The summed E-state index contributed by atoms with van der Waals surface area (Å²) in [5.41, 5.74) is 0. The molecule has 13 heavy (non-hydrogen) atoms. The van der Waals surface area contributed by atoms with E-state index in [9.17, 15) is 4.79 Å². The summed E-state index contributed by atoms with van der Waals surface area (Å²) in [7, 11) is 0. The smallest absolute Gasteiger partial charge is 0.182 e. The first-order chi connectivity index (χ1) is 6.09. The summed E-state index contributed by atoms with van der Waals surface area (Å²) in [6.07, 6.45) is 0. The van der Waals surface area contributed by atoms with E-state index in [1.54, 1.807) is 11.8 Å². The molecule has 0 saturated heterocycles. The van der Waals surface area contributed by atoms with Gasteiger partial charge in [-0.25, -0.2) is 0 Å². The molecule has 72 valence electrons. The molecule has 0 aromatic carbocycles. The van der Waals surface area contributed by atoms with Crippen LogP contribution in [0.3, 0.4) is 0 Å². The molecule has 0 unspecified atom stereocenters. The molecule has 0 aliphatic heterocycles. The number of hydrogen-bond donors (Lipinski definition) is 0. The van der Waals surface area contributed by atoms with E-state index < -0.39 is 0 Å². The van der Waals surface area contributed by atoms with Gasteiger partial charge < -0.3 is 0 Å². The lowest BCUT2D eigenvalue weighted by Crippen LogP contribution is -2.02. The second-order valence-electron chi connectivity index (χ2n) is 2.89. The maximum absolute atomic E-state index is 11.5. The van der Waals surface area contributed by atoms with Gasteiger partial charge in [0.25, 0.3) is 0 Å². The van der Waals surface area contributed by atoms with Crippen LogP contribution in [0.4, 0.5) is 0 Å². The van der Waals surface area contributed by atoms with Crippen molar-refractivity contribution in [3.05, 3.63) is 20.8 Å². The fraction of sp³-hybridized carbons (Fsp3) is 0.444. The highest BCUT2D eigenvalue weighted by Gasteiger charge is 2.09. The van der Waals surface area contributed by atoms with Gasteiger partial charge in [0, 0.05) is 0 Å². The van der Waals surface area contributed by atoms with Crippen LogP contribution in [0.5, 0.6) is 0 Å². The van der Waals surface area contributed by atoms with E-state index in [1.165, 1.54) is 11.3 Å². The molecule has 1 nitrogen and oxygen atoms in total. The molecule has 0 spiro atoms. The van der Waals surface area contributed by atoms with Crippen molar-refractivity contribution in [3.63, 3.8) is 0 Å². The lowest BCUT2D eigenvalue weighted by molar-refractivity contribution is 0.102. The first-order valence-electron chi connectivity index (χ1n) is 3.99. The molecule has 0 aliphatic rings. The van der Waals surface area contributed by atoms with Gasteiger partial charge in [0.2, 0.25) is 0 Å². The van der Waals surface area contributed by atoms with Gasteiger partial charge >= 0.3 is 0 Å². The van der Waals surface area contributed by atoms with E-state index in [1.807, 2.05) is 12.1 Å². The van der Waals surface area contributed by atoms with Gasteiger partial charge in [-0.1, -0.05) is 13.8 Å². The molecule has 4 heteroatoms. The van der Waals surface area contributed by atoms with E-state index >= 15 is 0 Å². The number of Topliss-reactive ketones (excluding diaryl/α,β-unsaturated/α-hetero) is 1. The Morgan fingerprint density at radius 1 is 1.62 bits per heavy atom. The van der Waals surface area contributed by atoms with Gasteiger partial charge in [-0.3, -0.25) is 4.79 Å². The van der Waals surface area contributed by atoms with E-state index in [2.05, 4.69) is 29.8 Å². The van der Waals surface area contributed by atoms with Gasteiger partial charge in [0.1, 0.15) is 0 Å². The monoisotopic (exact) mass is 278 g/mol.